The molecule has 3 aromatic rings. The van der Waals surface area contributed by atoms with Gasteiger partial charge in [-0.25, -0.2) is 0 Å². The van der Waals surface area contributed by atoms with E-state index in [2.05, 4.69) is 0 Å². The van der Waals surface area contributed by atoms with Crippen molar-refractivity contribution in [3.8, 4) is 0 Å². The molecule has 0 fully saturated rings. The Morgan fingerprint density at radius 2 is 1.95 bits per heavy atom. The normalized spacial score (nSPS) is 18.0. The monoisotopic (exact) mass is 253 g/mol. The number of hydrogen-bond acceptors (Lipinski definition) is 3. The van der Waals surface area contributed by atoms with Crippen LogP contribution in [0.3, 0.4) is 0 Å². The van der Waals surface area contributed by atoms with Crippen LogP contribution in [0.2, 0.25) is 0 Å². The first-order valence-electron chi connectivity index (χ1n) is 7.66. The summed E-state index contributed by atoms with van der Waals surface area (Å²) in [6.45, 7) is -1.85. The van der Waals surface area contributed by atoms with Gasteiger partial charge in [0.1, 0.15) is 5.58 Å². The van der Waals surface area contributed by atoms with E-state index in [1.165, 1.54) is 4.90 Å². The number of anilines is 1. The summed E-state index contributed by atoms with van der Waals surface area (Å²) in [5.41, 5.74) is 2.48. The van der Waals surface area contributed by atoms with Crippen LogP contribution in [-0.4, -0.2) is 18.5 Å². The standard InChI is InChI=1S/C16H14N2O/c1-17-9-10-18(11-17)14-7-4-6-13-12-5-2-3-8-15(12)19-16(13)14/h2-10H,11H2,1H3/i1D3. The number of rotatable bonds is 1. The second kappa shape index (κ2) is 3.79. The lowest BCUT2D eigenvalue weighted by molar-refractivity contribution is 0.495. The minimum absolute atomic E-state index is 0.284. The third kappa shape index (κ3) is 1.51. The zero-order chi connectivity index (χ0) is 15.3. The van der Waals surface area contributed by atoms with Gasteiger partial charge in [-0.15, -0.1) is 0 Å². The highest BCUT2D eigenvalue weighted by atomic mass is 16.3. The lowest BCUT2D eigenvalue weighted by Crippen LogP contribution is -2.21. The summed E-state index contributed by atoms with van der Waals surface area (Å²) < 4.78 is 28.5. The Bertz CT molecular complexity index is 882. The first-order valence-corrected chi connectivity index (χ1v) is 6.16. The summed E-state index contributed by atoms with van der Waals surface area (Å²) in [5, 5.41) is 2.10. The van der Waals surface area contributed by atoms with Crippen molar-refractivity contribution in [3.63, 3.8) is 0 Å². The van der Waals surface area contributed by atoms with E-state index < -0.39 is 6.98 Å². The Balaban J connectivity index is 1.82. The highest BCUT2D eigenvalue weighted by Gasteiger charge is 2.17. The molecular formula is C16H14N2O. The van der Waals surface area contributed by atoms with Gasteiger partial charge < -0.3 is 14.2 Å². The van der Waals surface area contributed by atoms with Crippen LogP contribution in [-0.2, 0) is 0 Å². The summed E-state index contributed by atoms with van der Waals surface area (Å²) in [4.78, 5) is 3.21. The molecule has 2 aromatic carbocycles. The van der Waals surface area contributed by atoms with E-state index in [0.29, 0.717) is 0 Å². The van der Waals surface area contributed by atoms with E-state index in [0.717, 1.165) is 27.6 Å². The van der Waals surface area contributed by atoms with Crippen LogP contribution < -0.4 is 4.90 Å². The largest absolute Gasteiger partial charge is 0.454 e. The number of nitrogens with zero attached hydrogens (tertiary/aromatic N) is 2. The fraction of sp³-hybridized carbons (Fsp3) is 0.125. The van der Waals surface area contributed by atoms with Crippen LogP contribution >= 0.6 is 0 Å². The van der Waals surface area contributed by atoms with Gasteiger partial charge in [-0.3, -0.25) is 0 Å². The molecule has 19 heavy (non-hydrogen) atoms. The third-order valence-electron chi connectivity index (χ3n) is 3.42. The van der Waals surface area contributed by atoms with Crippen molar-refractivity contribution in [2.45, 2.75) is 0 Å². The van der Waals surface area contributed by atoms with Crippen molar-refractivity contribution >= 4 is 27.6 Å². The van der Waals surface area contributed by atoms with E-state index in [1.54, 1.807) is 12.4 Å². The minimum atomic E-state index is -2.13. The summed E-state index contributed by atoms with van der Waals surface area (Å²) in [6, 6.07) is 13.8. The average molecular weight is 253 g/mol. The zero-order valence-electron chi connectivity index (χ0n) is 13.2. The molecule has 3 nitrogen and oxygen atoms in total. The molecule has 0 atom stereocenters. The summed E-state index contributed by atoms with van der Waals surface area (Å²) >= 11 is 0. The highest BCUT2D eigenvalue weighted by Crippen LogP contribution is 2.35. The molecule has 0 radical (unpaired) electrons. The van der Waals surface area contributed by atoms with Gasteiger partial charge in [0.2, 0.25) is 0 Å². The van der Waals surface area contributed by atoms with Gasteiger partial charge in [0.05, 0.1) is 12.4 Å². The molecule has 0 spiro atoms. The van der Waals surface area contributed by atoms with Crippen LogP contribution in [0, 0.1) is 0 Å². The van der Waals surface area contributed by atoms with Crippen LogP contribution in [0.25, 0.3) is 21.9 Å². The molecule has 3 heteroatoms. The molecule has 0 unspecified atom stereocenters. The van der Waals surface area contributed by atoms with Crippen LogP contribution in [0.15, 0.2) is 59.3 Å². The lowest BCUT2D eigenvalue weighted by Gasteiger charge is -2.18. The first-order chi connectivity index (χ1) is 10.5. The van der Waals surface area contributed by atoms with E-state index in [9.17, 15) is 0 Å². The fourth-order valence-corrected chi connectivity index (χ4v) is 2.53. The topological polar surface area (TPSA) is 19.6 Å². The maximum Gasteiger partial charge on any atom is 0.159 e. The van der Waals surface area contributed by atoms with E-state index in [-0.39, 0.29) is 6.67 Å². The zero-order valence-corrected chi connectivity index (χ0v) is 10.2. The Morgan fingerprint density at radius 3 is 2.84 bits per heavy atom. The van der Waals surface area contributed by atoms with Gasteiger partial charge in [-0.05, 0) is 12.1 Å². The Morgan fingerprint density at radius 1 is 1.05 bits per heavy atom. The second-order valence-corrected chi connectivity index (χ2v) is 4.63. The molecule has 1 aliphatic heterocycles. The van der Waals surface area contributed by atoms with Crippen molar-refractivity contribution in [3.05, 3.63) is 54.9 Å². The molecule has 0 N–H and O–H groups in total. The van der Waals surface area contributed by atoms with Crippen molar-refractivity contribution in [1.29, 1.82) is 0 Å². The quantitative estimate of drug-likeness (QED) is 0.658. The lowest BCUT2D eigenvalue weighted by atomic mass is 10.1. The van der Waals surface area contributed by atoms with Gasteiger partial charge in [-0.1, -0.05) is 30.3 Å². The summed E-state index contributed by atoms with van der Waals surface area (Å²) in [6.07, 6.45) is 3.36. The van der Waals surface area contributed by atoms with E-state index in [1.807, 2.05) is 47.4 Å². The molecule has 0 bridgehead atoms. The molecule has 1 aromatic heterocycles. The number of benzene rings is 2. The molecule has 0 saturated carbocycles. The van der Waals surface area contributed by atoms with Crippen molar-refractivity contribution in [1.82, 2.24) is 4.90 Å². The molecular weight excluding hydrogens is 236 g/mol. The minimum Gasteiger partial charge on any atom is -0.454 e. The van der Waals surface area contributed by atoms with Crippen LogP contribution in [0.1, 0.15) is 4.11 Å². The number of hydrogen-bond donors (Lipinski definition) is 0. The molecule has 94 valence electrons. The maximum atomic E-state index is 7.49. The Kier molecular flexibility index (Phi) is 1.57. The van der Waals surface area contributed by atoms with Gasteiger partial charge in [0, 0.05) is 34.3 Å². The fourth-order valence-electron chi connectivity index (χ4n) is 2.53. The predicted octanol–water partition coefficient (Wildman–Crippen LogP) is 3.77. The van der Waals surface area contributed by atoms with Gasteiger partial charge in [0.25, 0.3) is 0 Å². The number of furan rings is 1. The molecule has 2 heterocycles. The smallest absolute Gasteiger partial charge is 0.159 e. The molecule has 0 saturated heterocycles. The van der Waals surface area contributed by atoms with Crippen molar-refractivity contribution in [2.75, 3.05) is 18.5 Å². The van der Waals surface area contributed by atoms with Gasteiger partial charge >= 0.3 is 0 Å². The summed E-state index contributed by atoms with van der Waals surface area (Å²) in [5.74, 6) is 0. The second-order valence-electron chi connectivity index (χ2n) is 4.63. The van der Waals surface area contributed by atoms with Crippen LogP contribution in [0.4, 0.5) is 5.69 Å². The van der Waals surface area contributed by atoms with Crippen LogP contribution in [0.5, 0.6) is 0 Å². The molecule has 4 rings (SSSR count). The Hall–Kier alpha value is -2.42. The summed E-state index contributed by atoms with van der Waals surface area (Å²) in [7, 11) is 0. The average Bonchev–Trinajstić information content (AvgIpc) is 3.11. The Labute approximate surface area is 115 Å². The van der Waals surface area contributed by atoms with E-state index >= 15 is 0 Å². The molecule has 0 amide bonds. The third-order valence-corrected chi connectivity index (χ3v) is 3.42. The predicted molar refractivity (Wildman–Crippen MR) is 78.0 cm³/mol. The van der Waals surface area contributed by atoms with Crippen molar-refractivity contribution in [2.24, 2.45) is 0 Å². The molecule has 0 aliphatic carbocycles. The SMILES string of the molecule is [2H]C([2H])([2H])N1C=CN(c2cccc3c2oc2ccccc23)C1. The van der Waals surface area contributed by atoms with Gasteiger partial charge in [0.15, 0.2) is 5.58 Å². The van der Waals surface area contributed by atoms with E-state index in [4.69, 9.17) is 8.53 Å². The number of fused-ring (bicyclic) bond motifs is 3. The van der Waals surface area contributed by atoms with Gasteiger partial charge in [-0.2, -0.15) is 0 Å². The number of para-hydroxylation sites is 2. The first kappa shape index (κ1) is 7.89. The maximum absolute atomic E-state index is 7.49. The highest BCUT2D eigenvalue weighted by molar-refractivity contribution is 6.08. The molecule has 1 aliphatic rings. The van der Waals surface area contributed by atoms with Crippen molar-refractivity contribution < 1.29 is 8.53 Å².